The first-order chi connectivity index (χ1) is 7.74. The number of hydrogen-bond acceptors (Lipinski definition) is 4. The van der Waals surface area contributed by atoms with E-state index >= 15 is 0 Å². The molecule has 1 amide bonds. The zero-order valence-corrected chi connectivity index (χ0v) is 9.23. The number of aryl methyl sites for hydroxylation is 1. The van der Waals surface area contributed by atoms with Crippen molar-refractivity contribution >= 4 is 5.91 Å². The summed E-state index contributed by atoms with van der Waals surface area (Å²) in [4.78, 5) is 18.0. The highest BCUT2D eigenvalue weighted by Gasteiger charge is 2.39. The summed E-state index contributed by atoms with van der Waals surface area (Å²) in [5.74, 6) is 2.17. The average Bonchev–Trinajstić information content (AvgIpc) is 2.89. The first kappa shape index (κ1) is 9.77. The standard InChI is InChI=1S/C10H15N5O/c1-6-12-9(14-13-6)10(16)15-4-7-2-11-3-8(7)5-15/h7-8,11H,2-5H2,1H3,(H,12,13,14). The molecule has 3 heterocycles. The molecule has 2 fully saturated rings. The van der Waals surface area contributed by atoms with Gasteiger partial charge in [-0.05, 0) is 18.8 Å². The van der Waals surface area contributed by atoms with Crippen LogP contribution < -0.4 is 5.32 Å². The van der Waals surface area contributed by atoms with Gasteiger partial charge >= 0.3 is 0 Å². The highest BCUT2D eigenvalue weighted by atomic mass is 16.2. The molecule has 1 aromatic rings. The maximum absolute atomic E-state index is 12.1. The molecule has 0 radical (unpaired) electrons. The first-order valence-corrected chi connectivity index (χ1v) is 5.63. The highest BCUT2D eigenvalue weighted by molar-refractivity contribution is 5.90. The summed E-state index contributed by atoms with van der Waals surface area (Å²) in [6, 6.07) is 0. The van der Waals surface area contributed by atoms with Crippen molar-refractivity contribution < 1.29 is 4.79 Å². The van der Waals surface area contributed by atoms with Crippen LogP contribution in [-0.2, 0) is 0 Å². The molecule has 2 aliphatic heterocycles. The van der Waals surface area contributed by atoms with Crippen LogP contribution in [0.25, 0.3) is 0 Å². The van der Waals surface area contributed by atoms with Crippen LogP contribution in [0.2, 0.25) is 0 Å². The van der Waals surface area contributed by atoms with E-state index in [0.717, 1.165) is 26.2 Å². The van der Waals surface area contributed by atoms with Crippen LogP contribution >= 0.6 is 0 Å². The molecule has 86 valence electrons. The average molecular weight is 221 g/mol. The Morgan fingerprint density at radius 3 is 2.62 bits per heavy atom. The fourth-order valence-electron chi connectivity index (χ4n) is 2.60. The number of aromatic amines is 1. The fraction of sp³-hybridized carbons (Fsp3) is 0.700. The van der Waals surface area contributed by atoms with Crippen molar-refractivity contribution in [3.05, 3.63) is 11.6 Å². The zero-order chi connectivity index (χ0) is 11.1. The molecule has 1 aromatic heterocycles. The molecule has 0 aliphatic carbocycles. The predicted molar refractivity (Wildman–Crippen MR) is 56.9 cm³/mol. The number of fused-ring (bicyclic) bond motifs is 1. The van der Waals surface area contributed by atoms with Gasteiger partial charge in [0, 0.05) is 26.2 Å². The molecule has 2 saturated heterocycles. The summed E-state index contributed by atoms with van der Waals surface area (Å²) in [5.41, 5.74) is 0. The lowest BCUT2D eigenvalue weighted by Gasteiger charge is -2.14. The summed E-state index contributed by atoms with van der Waals surface area (Å²) in [6.07, 6.45) is 0. The van der Waals surface area contributed by atoms with Gasteiger partial charge in [0.1, 0.15) is 5.82 Å². The molecule has 6 nitrogen and oxygen atoms in total. The SMILES string of the molecule is Cc1nc(C(=O)N2CC3CNCC3C2)n[nH]1. The van der Waals surface area contributed by atoms with Crippen LogP contribution in [0.3, 0.4) is 0 Å². The number of likely N-dealkylation sites (tertiary alicyclic amines) is 1. The van der Waals surface area contributed by atoms with Crippen molar-refractivity contribution in [3.63, 3.8) is 0 Å². The summed E-state index contributed by atoms with van der Waals surface area (Å²) in [7, 11) is 0. The summed E-state index contributed by atoms with van der Waals surface area (Å²) < 4.78 is 0. The van der Waals surface area contributed by atoms with Gasteiger partial charge in [-0.2, -0.15) is 0 Å². The summed E-state index contributed by atoms with van der Waals surface area (Å²) in [5, 5.41) is 9.97. The number of aromatic nitrogens is 3. The number of hydrogen-bond donors (Lipinski definition) is 2. The Bertz CT molecular complexity index is 403. The number of amides is 1. The van der Waals surface area contributed by atoms with E-state index in [2.05, 4.69) is 20.5 Å². The zero-order valence-electron chi connectivity index (χ0n) is 9.23. The van der Waals surface area contributed by atoms with E-state index in [1.165, 1.54) is 0 Å². The van der Waals surface area contributed by atoms with Crippen molar-refractivity contribution in [2.45, 2.75) is 6.92 Å². The molecule has 6 heteroatoms. The number of nitrogens with one attached hydrogen (secondary N) is 2. The Hall–Kier alpha value is -1.43. The van der Waals surface area contributed by atoms with Crippen molar-refractivity contribution in [2.24, 2.45) is 11.8 Å². The monoisotopic (exact) mass is 221 g/mol. The predicted octanol–water partition coefficient (Wildman–Crippen LogP) is -0.595. The van der Waals surface area contributed by atoms with Crippen LogP contribution in [-0.4, -0.2) is 52.2 Å². The van der Waals surface area contributed by atoms with Gasteiger partial charge in [0.2, 0.25) is 5.82 Å². The molecule has 2 N–H and O–H groups in total. The number of carbonyl (C=O) groups is 1. The van der Waals surface area contributed by atoms with Crippen molar-refractivity contribution in [3.8, 4) is 0 Å². The fourth-order valence-corrected chi connectivity index (χ4v) is 2.60. The second-order valence-corrected chi connectivity index (χ2v) is 4.63. The van der Waals surface area contributed by atoms with Crippen LogP contribution in [0, 0.1) is 18.8 Å². The molecular weight excluding hydrogens is 206 g/mol. The molecule has 0 bridgehead atoms. The lowest BCUT2D eigenvalue weighted by molar-refractivity contribution is 0.0770. The van der Waals surface area contributed by atoms with Crippen molar-refractivity contribution in [2.75, 3.05) is 26.2 Å². The smallest absolute Gasteiger partial charge is 0.293 e. The highest BCUT2D eigenvalue weighted by Crippen LogP contribution is 2.26. The van der Waals surface area contributed by atoms with Gasteiger partial charge in [0.05, 0.1) is 0 Å². The second-order valence-electron chi connectivity index (χ2n) is 4.63. The van der Waals surface area contributed by atoms with Gasteiger partial charge in [-0.1, -0.05) is 0 Å². The van der Waals surface area contributed by atoms with E-state index in [9.17, 15) is 4.79 Å². The van der Waals surface area contributed by atoms with Crippen LogP contribution in [0.5, 0.6) is 0 Å². The Labute approximate surface area is 93.4 Å². The lowest BCUT2D eigenvalue weighted by atomic mass is 10.0. The Morgan fingerprint density at radius 2 is 2.06 bits per heavy atom. The molecule has 0 aromatic carbocycles. The summed E-state index contributed by atoms with van der Waals surface area (Å²) in [6.45, 7) is 5.53. The van der Waals surface area contributed by atoms with E-state index in [1.807, 2.05) is 4.90 Å². The molecule has 0 saturated carbocycles. The van der Waals surface area contributed by atoms with Crippen LogP contribution in [0.1, 0.15) is 16.4 Å². The Kier molecular flexibility index (Phi) is 2.17. The van der Waals surface area contributed by atoms with E-state index in [0.29, 0.717) is 23.5 Å². The van der Waals surface area contributed by atoms with Gasteiger partial charge in [0.15, 0.2) is 0 Å². The van der Waals surface area contributed by atoms with Gasteiger partial charge in [0.25, 0.3) is 5.91 Å². The molecule has 3 rings (SSSR count). The number of rotatable bonds is 1. The molecule has 2 aliphatic rings. The van der Waals surface area contributed by atoms with E-state index < -0.39 is 0 Å². The van der Waals surface area contributed by atoms with Gasteiger partial charge in [-0.3, -0.25) is 9.89 Å². The number of H-pyrrole nitrogens is 1. The largest absolute Gasteiger partial charge is 0.335 e. The van der Waals surface area contributed by atoms with E-state index in [1.54, 1.807) is 6.92 Å². The van der Waals surface area contributed by atoms with Crippen molar-refractivity contribution in [1.82, 2.24) is 25.4 Å². The number of nitrogens with zero attached hydrogens (tertiary/aromatic N) is 3. The molecule has 2 atom stereocenters. The van der Waals surface area contributed by atoms with E-state index in [-0.39, 0.29) is 5.91 Å². The van der Waals surface area contributed by atoms with Crippen molar-refractivity contribution in [1.29, 1.82) is 0 Å². The minimum atomic E-state index is -0.0428. The second kappa shape index (κ2) is 3.55. The van der Waals surface area contributed by atoms with Crippen LogP contribution in [0.15, 0.2) is 0 Å². The third kappa shape index (κ3) is 1.49. The van der Waals surface area contributed by atoms with Gasteiger partial charge in [-0.15, -0.1) is 5.10 Å². The molecule has 0 spiro atoms. The quantitative estimate of drug-likeness (QED) is 0.664. The topological polar surface area (TPSA) is 73.9 Å². The van der Waals surface area contributed by atoms with Crippen LogP contribution in [0.4, 0.5) is 0 Å². The van der Waals surface area contributed by atoms with E-state index in [4.69, 9.17) is 0 Å². The summed E-state index contributed by atoms with van der Waals surface area (Å²) >= 11 is 0. The molecule has 2 unspecified atom stereocenters. The maximum Gasteiger partial charge on any atom is 0.293 e. The lowest BCUT2D eigenvalue weighted by Crippen LogP contribution is -2.32. The Balaban J connectivity index is 1.73. The number of carbonyl (C=O) groups excluding carboxylic acids is 1. The normalized spacial score (nSPS) is 28.4. The minimum Gasteiger partial charge on any atom is -0.335 e. The van der Waals surface area contributed by atoms with Gasteiger partial charge < -0.3 is 10.2 Å². The third-order valence-corrected chi connectivity index (χ3v) is 3.47. The minimum absolute atomic E-state index is 0.0428. The maximum atomic E-state index is 12.1. The third-order valence-electron chi connectivity index (χ3n) is 3.47. The molecular formula is C10H15N5O. The Morgan fingerprint density at radius 1 is 1.38 bits per heavy atom. The molecule has 16 heavy (non-hydrogen) atoms. The van der Waals surface area contributed by atoms with Gasteiger partial charge in [-0.25, -0.2) is 4.98 Å². The first-order valence-electron chi connectivity index (χ1n) is 5.63.